The number of ketones is 1. The van der Waals surface area contributed by atoms with Gasteiger partial charge in [0.25, 0.3) is 0 Å². The van der Waals surface area contributed by atoms with E-state index in [1.807, 2.05) is 72.8 Å². The highest BCUT2D eigenvalue weighted by atomic mass is 79.9. The van der Waals surface area contributed by atoms with Gasteiger partial charge in [0.2, 0.25) is 0 Å². The lowest BCUT2D eigenvalue weighted by molar-refractivity contribution is 0.0916. The van der Waals surface area contributed by atoms with Crippen molar-refractivity contribution in [2.75, 3.05) is 5.32 Å². The molecule has 3 heteroatoms. The van der Waals surface area contributed by atoms with E-state index in [4.69, 9.17) is 0 Å². The van der Waals surface area contributed by atoms with E-state index in [0.29, 0.717) is 6.42 Å². The molecular formula is C21H16BrNO. The molecule has 0 spiro atoms. The Balaban J connectivity index is 1.87. The van der Waals surface area contributed by atoms with Crippen molar-refractivity contribution in [1.82, 2.24) is 0 Å². The third-order valence-corrected chi connectivity index (χ3v) is 5.36. The molecule has 0 radical (unpaired) electrons. The molecule has 0 amide bonds. The van der Waals surface area contributed by atoms with Gasteiger partial charge in [-0.1, -0.05) is 76.6 Å². The van der Waals surface area contributed by atoms with Crippen LogP contribution in [-0.4, -0.2) is 5.78 Å². The highest BCUT2D eigenvalue weighted by Crippen LogP contribution is 2.42. The van der Waals surface area contributed by atoms with Crippen LogP contribution in [-0.2, 0) is 12.0 Å². The van der Waals surface area contributed by atoms with Crippen LogP contribution >= 0.6 is 15.9 Å². The first kappa shape index (κ1) is 15.2. The molecule has 0 saturated carbocycles. The van der Waals surface area contributed by atoms with Gasteiger partial charge in [-0.25, -0.2) is 0 Å². The second-order valence-corrected chi connectivity index (χ2v) is 6.89. The standard InChI is InChI=1S/C21H16BrNO/c22-18-12-6-4-8-15(18)14-21(16-9-2-1-3-10-16)20(24)17-11-5-7-13-19(17)23-21/h1-13,23H,14H2. The lowest BCUT2D eigenvalue weighted by atomic mass is 9.80. The minimum atomic E-state index is -0.769. The van der Waals surface area contributed by atoms with Crippen LogP contribution in [0.1, 0.15) is 21.5 Å². The third kappa shape index (κ3) is 2.36. The number of para-hydroxylation sites is 1. The molecule has 2 nitrogen and oxygen atoms in total. The summed E-state index contributed by atoms with van der Waals surface area (Å²) in [5.41, 5.74) is 2.98. The fourth-order valence-corrected chi connectivity index (χ4v) is 3.81. The Morgan fingerprint density at radius 2 is 1.50 bits per heavy atom. The molecule has 0 fully saturated rings. The lowest BCUT2D eigenvalue weighted by Crippen LogP contribution is -2.41. The molecule has 1 heterocycles. The van der Waals surface area contributed by atoms with E-state index in [1.165, 1.54) is 0 Å². The van der Waals surface area contributed by atoms with Gasteiger partial charge in [0.1, 0.15) is 5.54 Å². The molecule has 3 aromatic carbocycles. The summed E-state index contributed by atoms with van der Waals surface area (Å²) in [7, 11) is 0. The summed E-state index contributed by atoms with van der Waals surface area (Å²) in [5.74, 6) is 0.125. The Labute approximate surface area is 149 Å². The van der Waals surface area contributed by atoms with Crippen LogP contribution in [0.5, 0.6) is 0 Å². The zero-order valence-corrected chi connectivity index (χ0v) is 14.6. The minimum Gasteiger partial charge on any atom is -0.368 e. The van der Waals surface area contributed by atoms with Crippen LogP contribution in [0.15, 0.2) is 83.3 Å². The average molecular weight is 378 g/mol. The first-order valence-corrected chi connectivity index (χ1v) is 8.71. The van der Waals surface area contributed by atoms with Crippen molar-refractivity contribution in [1.29, 1.82) is 0 Å². The fourth-order valence-electron chi connectivity index (χ4n) is 3.39. The second-order valence-electron chi connectivity index (χ2n) is 6.04. The normalized spacial score (nSPS) is 19.0. The maximum Gasteiger partial charge on any atom is 0.195 e. The van der Waals surface area contributed by atoms with Crippen molar-refractivity contribution < 1.29 is 4.79 Å². The number of fused-ring (bicyclic) bond motifs is 1. The number of anilines is 1. The van der Waals surface area contributed by atoms with Crippen molar-refractivity contribution in [3.8, 4) is 0 Å². The van der Waals surface area contributed by atoms with Gasteiger partial charge in [-0.3, -0.25) is 4.79 Å². The van der Waals surface area contributed by atoms with Crippen molar-refractivity contribution in [3.05, 3.63) is 100 Å². The number of rotatable bonds is 3. The first-order chi connectivity index (χ1) is 11.7. The quantitative estimate of drug-likeness (QED) is 0.679. The molecule has 3 aromatic rings. The molecule has 4 rings (SSSR count). The van der Waals surface area contributed by atoms with E-state index in [-0.39, 0.29) is 5.78 Å². The van der Waals surface area contributed by atoms with E-state index in [2.05, 4.69) is 27.3 Å². The number of hydrogen-bond acceptors (Lipinski definition) is 2. The Bertz CT molecular complexity index is 906. The number of nitrogens with one attached hydrogen (secondary N) is 1. The molecule has 0 aliphatic carbocycles. The Hall–Kier alpha value is -2.39. The number of halogens is 1. The smallest absolute Gasteiger partial charge is 0.195 e. The number of carbonyl (C=O) groups is 1. The molecular weight excluding hydrogens is 362 g/mol. The van der Waals surface area contributed by atoms with Crippen LogP contribution in [0.2, 0.25) is 0 Å². The van der Waals surface area contributed by atoms with Crippen molar-refractivity contribution in [2.24, 2.45) is 0 Å². The lowest BCUT2D eigenvalue weighted by Gasteiger charge is -2.30. The SMILES string of the molecule is O=C1c2ccccc2NC1(Cc1ccccc1Br)c1ccccc1. The summed E-state index contributed by atoms with van der Waals surface area (Å²) in [5, 5.41) is 3.52. The molecule has 1 atom stereocenters. The van der Waals surface area contributed by atoms with E-state index < -0.39 is 5.54 Å². The summed E-state index contributed by atoms with van der Waals surface area (Å²) in [4.78, 5) is 13.4. The molecule has 1 aliphatic rings. The van der Waals surface area contributed by atoms with Crippen LogP contribution in [0.25, 0.3) is 0 Å². The van der Waals surface area contributed by atoms with Gasteiger partial charge >= 0.3 is 0 Å². The Morgan fingerprint density at radius 3 is 2.25 bits per heavy atom. The maximum atomic E-state index is 13.4. The molecule has 118 valence electrons. The minimum absolute atomic E-state index is 0.125. The topological polar surface area (TPSA) is 29.1 Å². The largest absolute Gasteiger partial charge is 0.368 e. The van der Waals surface area contributed by atoms with Gasteiger partial charge in [-0.05, 0) is 29.3 Å². The van der Waals surface area contributed by atoms with E-state index in [0.717, 1.165) is 26.9 Å². The predicted molar refractivity (Wildman–Crippen MR) is 100 cm³/mol. The van der Waals surface area contributed by atoms with Crippen LogP contribution in [0.4, 0.5) is 5.69 Å². The second kappa shape index (κ2) is 5.91. The molecule has 1 aliphatic heterocycles. The highest BCUT2D eigenvalue weighted by molar-refractivity contribution is 9.10. The third-order valence-electron chi connectivity index (χ3n) is 4.59. The first-order valence-electron chi connectivity index (χ1n) is 7.92. The summed E-state index contributed by atoms with van der Waals surface area (Å²) in [6.45, 7) is 0. The van der Waals surface area contributed by atoms with Gasteiger partial charge in [0.05, 0.1) is 0 Å². The zero-order valence-electron chi connectivity index (χ0n) is 13.0. The monoisotopic (exact) mass is 377 g/mol. The summed E-state index contributed by atoms with van der Waals surface area (Å²) < 4.78 is 1.02. The number of hydrogen-bond donors (Lipinski definition) is 1. The highest BCUT2D eigenvalue weighted by Gasteiger charge is 2.46. The fraction of sp³-hybridized carbons (Fsp3) is 0.0952. The average Bonchev–Trinajstić information content (AvgIpc) is 2.91. The zero-order chi connectivity index (χ0) is 16.6. The van der Waals surface area contributed by atoms with Crippen molar-refractivity contribution in [2.45, 2.75) is 12.0 Å². The molecule has 1 N–H and O–H groups in total. The van der Waals surface area contributed by atoms with Gasteiger partial charge < -0.3 is 5.32 Å². The van der Waals surface area contributed by atoms with Gasteiger partial charge in [0, 0.05) is 22.1 Å². The number of benzene rings is 3. The number of Topliss-reactive ketones (excluding diaryl/α,β-unsaturated/α-hetero) is 1. The van der Waals surface area contributed by atoms with Crippen LogP contribution in [0, 0.1) is 0 Å². The molecule has 0 aromatic heterocycles. The predicted octanol–water partition coefficient (Wildman–Crippen LogP) is 5.20. The molecule has 0 saturated heterocycles. The van der Waals surface area contributed by atoms with Crippen molar-refractivity contribution in [3.63, 3.8) is 0 Å². The molecule has 0 bridgehead atoms. The summed E-state index contributed by atoms with van der Waals surface area (Å²) in [6.07, 6.45) is 0.589. The summed E-state index contributed by atoms with van der Waals surface area (Å²) in [6, 6.07) is 25.8. The van der Waals surface area contributed by atoms with Gasteiger partial charge in [-0.2, -0.15) is 0 Å². The van der Waals surface area contributed by atoms with Crippen molar-refractivity contribution >= 4 is 27.4 Å². The maximum absolute atomic E-state index is 13.4. The Morgan fingerprint density at radius 1 is 0.833 bits per heavy atom. The van der Waals surface area contributed by atoms with E-state index in [9.17, 15) is 4.79 Å². The van der Waals surface area contributed by atoms with E-state index >= 15 is 0 Å². The molecule has 24 heavy (non-hydrogen) atoms. The Kier molecular flexibility index (Phi) is 3.73. The van der Waals surface area contributed by atoms with Crippen LogP contribution < -0.4 is 5.32 Å². The van der Waals surface area contributed by atoms with Gasteiger partial charge in [0.15, 0.2) is 5.78 Å². The van der Waals surface area contributed by atoms with E-state index in [1.54, 1.807) is 0 Å². The summed E-state index contributed by atoms with van der Waals surface area (Å²) >= 11 is 3.62. The number of carbonyl (C=O) groups excluding carboxylic acids is 1. The molecule has 1 unspecified atom stereocenters. The van der Waals surface area contributed by atoms with Gasteiger partial charge in [-0.15, -0.1) is 0 Å². The van der Waals surface area contributed by atoms with Crippen LogP contribution in [0.3, 0.4) is 0 Å².